The van der Waals surface area contributed by atoms with Crippen LogP contribution in [0.3, 0.4) is 0 Å². The first-order chi connectivity index (χ1) is 11.5. The lowest BCUT2D eigenvalue weighted by Crippen LogP contribution is -2.47. The Morgan fingerprint density at radius 2 is 1.71 bits per heavy atom. The van der Waals surface area contributed by atoms with Crippen LogP contribution in [0.4, 0.5) is 5.95 Å². The summed E-state index contributed by atoms with van der Waals surface area (Å²) in [5.41, 5.74) is 2.01. The molecule has 1 aliphatic carbocycles. The second kappa shape index (κ2) is 7.49. The zero-order valence-corrected chi connectivity index (χ0v) is 15.2. The Morgan fingerprint density at radius 1 is 1.08 bits per heavy atom. The van der Waals surface area contributed by atoms with Gasteiger partial charge in [-0.3, -0.25) is 4.79 Å². The second-order valence-corrected chi connectivity index (χ2v) is 7.59. The van der Waals surface area contributed by atoms with E-state index in [1.165, 1.54) is 19.3 Å². The normalized spacial score (nSPS) is 25.5. The number of carbonyl (C=O) groups is 1. The van der Waals surface area contributed by atoms with E-state index < -0.39 is 0 Å². The van der Waals surface area contributed by atoms with Crippen LogP contribution in [0.1, 0.15) is 56.8 Å². The van der Waals surface area contributed by atoms with Crippen LogP contribution in [0.2, 0.25) is 0 Å². The third kappa shape index (κ3) is 4.05. The first kappa shape index (κ1) is 17.2. The summed E-state index contributed by atoms with van der Waals surface area (Å²) in [6.07, 6.45) is 6.72. The first-order valence-electron chi connectivity index (χ1n) is 9.40. The summed E-state index contributed by atoms with van der Waals surface area (Å²) in [7, 11) is 0. The summed E-state index contributed by atoms with van der Waals surface area (Å²) >= 11 is 0. The number of aryl methyl sites for hydroxylation is 2. The molecule has 1 saturated heterocycles. The molecule has 132 valence electrons. The fourth-order valence-corrected chi connectivity index (χ4v) is 4.02. The van der Waals surface area contributed by atoms with Gasteiger partial charge in [0.05, 0.1) is 0 Å². The molecule has 1 aromatic rings. The van der Waals surface area contributed by atoms with Crippen molar-refractivity contribution in [2.24, 2.45) is 11.8 Å². The Morgan fingerprint density at radius 3 is 2.33 bits per heavy atom. The van der Waals surface area contributed by atoms with E-state index in [9.17, 15) is 4.79 Å². The average Bonchev–Trinajstić information content (AvgIpc) is 2.56. The maximum atomic E-state index is 12.6. The Balaban J connectivity index is 1.53. The number of nitrogens with one attached hydrogen (secondary N) is 1. The minimum absolute atomic E-state index is 0.140. The Hall–Kier alpha value is -1.65. The summed E-state index contributed by atoms with van der Waals surface area (Å²) < 4.78 is 0. The number of carbonyl (C=O) groups excluding carboxylic acids is 1. The van der Waals surface area contributed by atoms with E-state index in [0.29, 0.717) is 12.0 Å². The van der Waals surface area contributed by atoms with Gasteiger partial charge in [-0.1, -0.05) is 19.8 Å². The first-order valence-corrected chi connectivity index (χ1v) is 9.40. The van der Waals surface area contributed by atoms with Gasteiger partial charge in [-0.2, -0.15) is 0 Å². The van der Waals surface area contributed by atoms with Gasteiger partial charge in [-0.05, 0) is 51.5 Å². The van der Waals surface area contributed by atoms with Crippen molar-refractivity contribution in [1.82, 2.24) is 15.3 Å². The Bertz CT molecular complexity index is 560. The van der Waals surface area contributed by atoms with Crippen molar-refractivity contribution in [3.05, 3.63) is 17.5 Å². The van der Waals surface area contributed by atoms with Crippen molar-refractivity contribution in [1.29, 1.82) is 0 Å². The maximum Gasteiger partial charge on any atom is 0.225 e. The van der Waals surface area contributed by atoms with Gasteiger partial charge in [-0.25, -0.2) is 9.97 Å². The number of piperidine rings is 1. The molecule has 1 amide bonds. The molecule has 2 unspecified atom stereocenters. The van der Waals surface area contributed by atoms with E-state index in [4.69, 9.17) is 0 Å². The third-order valence-electron chi connectivity index (χ3n) is 5.56. The lowest BCUT2D eigenvalue weighted by atomic mass is 9.85. The summed E-state index contributed by atoms with van der Waals surface area (Å²) in [6, 6.07) is 2.38. The van der Waals surface area contributed by atoms with E-state index >= 15 is 0 Å². The third-order valence-corrected chi connectivity index (χ3v) is 5.56. The summed E-state index contributed by atoms with van der Waals surface area (Å²) in [4.78, 5) is 23.9. The molecule has 1 aliphatic heterocycles. The second-order valence-electron chi connectivity index (χ2n) is 7.59. The highest BCUT2D eigenvalue weighted by Crippen LogP contribution is 2.26. The minimum atomic E-state index is 0.140. The average molecular weight is 330 g/mol. The number of hydrogen-bond acceptors (Lipinski definition) is 4. The van der Waals surface area contributed by atoms with E-state index in [0.717, 1.165) is 49.7 Å². The molecule has 1 saturated carbocycles. The molecule has 1 N–H and O–H groups in total. The molecule has 0 radical (unpaired) electrons. The van der Waals surface area contributed by atoms with Crippen molar-refractivity contribution >= 4 is 11.9 Å². The zero-order valence-electron chi connectivity index (χ0n) is 15.2. The predicted octanol–water partition coefficient (Wildman–Crippen LogP) is 3.00. The number of anilines is 1. The molecule has 2 atom stereocenters. The number of nitrogens with zero attached hydrogens (tertiary/aromatic N) is 3. The number of amides is 1. The number of aromatic nitrogens is 2. The lowest BCUT2D eigenvalue weighted by molar-refractivity contribution is -0.126. The Labute approximate surface area is 145 Å². The van der Waals surface area contributed by atoms with Crippen molar-refractivity contribution in [2.75, 3.05) is 18.0 Å². The SMILES string of the molecule is Cc1cc(C)nc(N2CCC(C(=O)NC3CCCCC3C)CC2)n1. The molecule has 1 aromatic heterocycles. The molecule has 0 spiro atoms. The van der Waals surface area contributed by atoms with E-state index in [2.05, 4.69) is 27.1 Å². The zero-order chi connectivity index (χ0) is 17.1. The number of hydrogen-bond donors (Lipinski definition) is 1. The van der Waals surface area contributed by atoms with Crippen LogP contribution in [-0.4, -0.2) is 35.0 Å². The van der Waals surface area contributed by atoms with Crippen LogP contribution >= 0.6 is 0 Å². The highest BCUT2D eigenvalue weighted by Gasteiger charge is 2.29. The summed E-state index contributed by atoms with van der Waals surface area (Å²) in [5.74, 6) is 1.83. The fourth-order valence-electron chi connectivity index (χ4n) is 4.02. The van der Waals surface area contributed by atoms with Crippen molar-refractivity contribution < 1.29 is 4.79 Å². The number of rotatable bonds is 3. The molecule has 5 heteroatoms. The van der Waals surface area contributed by atoms with Crippen molar-refractivity contribution in [2.45, 2.75) is 65.3 Å². The van der Waals surface area contributed by atoms with Crippen LogP contribution in [0.25, 0.3) is 0 Å². The predicted molar refractivity (Wildman–Crippen MR) is 96.0 cm³/mol. The van der Waals surface area contributed by atoms with Gasteiger partial charge >= 0.3 is 0 Å². The molecule has 0 aromatic carbocycles. The van der Waals surface area contributed by atoms with Crippen LogP contribution in [0, 0.1) is 25.7 Å². The Kier molecular flexibility index (Phi) is 5.36. The van der Waals surface area contributed by atoms with Gasteiger partial charge in [0.25, 0.3) is 0 Å². The smallest absolute Gasteiger partial charge is 0.225 e. The van der Waals surface area contributed by atoms with Gasteiger partial charge in [-0.15, -0.1) is 0 Å². The molecule has 5 nitrogen and oxygen atoms in total. The molecular formula is C19H30N4O. The quantitative estimate of drug-likeness (QED) is 0.925. The molecule has 2 fully saturated rings. The van der Waals surface area contributed by atoms with Gasteiger partial charge in [0.15, 0.2) is 0 Å². The van der Waals surface area contributed by atoms with Gasteiger partial charge < -0.3 is 10.2 Å². The lowest BCUT2D eigenvalue weighted by Gasteiger charge is -2.34. The van der Waals surface area contributed by atoms with E-state index in [1.807, 2.05) is 19.9 Å². The highest BCUT2D eigenvalue weighted by molar-refractivity contribution is 5.79. The largest absolute Gasteiger partial charge is 0.353 e. The molecular weight excluding hydrogens is 300 g/mol. The van der Waals surface area contributed by atoms with Gasteiger partial charge in [0.1, 0.15) is 0 Å². The van der Waals surface area contributed by atoms with Crippen LogP contribution in [0.15, 0.2) is 6.07 Å². The highest BCUT2D eigenvalue weighted by atomic mass is 16.2. The van der Waals surface area contributed by atoms with Crippen molar-refractivity contribution in [3.8, 4) is 0 Å². The van der Waals surface area contributed by atoms with Crippen LogP contribution in [0.5, 0.6) is 0 Å². The molecule has 2 heterocycles. The molecule has 0 bridgehead atoms. The maximum absolute atomic E-state index is 12.6. The van der Waals surface area contributed by atoms with Crippen LogP contribution in [-0.2, 0) is 4.79 Å². The monoisotopic (exact) mass is 330 g/mol. The molecule has 3 rings (SSSR count). The van der Waals surface area contributed by atoms with Crippen molar-refractivity contribution in [3.63, 3.8) is 0 Å². The fraction of sp³-hybridized carbons (Fsp3) is 0.737. The summed E-state index contributed by atoms with van der Waals surface area (Å²) in [6.45, 7) is 8.00. The standard InChI is InChI=1S/C19H30N4O/c1-13-6-4-5-7-17(13)22-18(24)16-8-10-23(11-9-16)19-20-14(2)12-15(3)21-19/h12-13,16-17H,4-11H2,1-3H3,(H,22,24). The van der Waals surface area contributed by atoms with Gasteiger partial charge in [0.2, 0.25) is 11.9 Å². The molecule has 2 aliphatic rings. The summed E-state index contributed by atoms with van der Waals surface area (Å²) in [5, 5.41) is 3.32. The van der Waals surface area contributed by atoms with Gasteiger partial charge in [0, 0.05) is 36.4 Å². The van der Waals surface area contributed by atoms with E-state index in [1.54, 1.807) is 0 Å². The molecule has 24 heavy (non-hydrogen) atoms. The minimum Gasteiger partial charge on any atom is -0.353 e. The topological polar surface area (TPSA) is 58.1 Å². The van der Waals surface area contributed by atoms with E-state index in [-0.39, 0.29) is 11.8 Å². The van der Waals surface area contributed by atoms with Crippen LogP contribution < -0.4 is 10.2 Å².